The lowest BCUT2D eigenvalue weighted by Crippen LogP contribution is -2.05. The third-order valence-corrected chi connectivity index (χ3v) is 2.97. The van der Waals surface area contributed by atoms with Gasteiger partial charge in [0.25, 0.3) is 0 Å². The van der Waals surface area contributed by atoms with E-state index in [0.29, 0.717) is 5.92 Å². The first-order chi connectivity index (χ1) is 7.02. The molecule has 84 valence electrons. The number of imidazole rings is 1. The maximum atomic E-state index is 10.9. The van der Waals surface area contributed by atoms with Crippen LogP contribution >= 0.6 is 0 Å². The van der Waals surface area contributed by atoms with Crippen molar-refractivity contribution in [3.8, 4) is 0 Å². The fraction of sp³-hybridized carbons (Fsp3) is 0.636. The molecule has 0 fully saturated rings. The lowest BCUT2D eigenvalue weighted by molar-refractivity contribution is 0.0690. The second-order valence-electron chi connectivity index (χ2n) is 3.78. The highest BCUT2D eigenvalue weighted by Crippen LogP contribution is 2.23. The zero-order valence-corrected chi connectivity index (χ0v) is 9.74. The van der Waals surface area contributed by atoms with E-state index in [-0.39, 0.29) is 5.69 Å². The fourth-order valence-electron chi connectivity index (χ4n) is 1.82. The van der Waals surface area contributed by atoms with Crippen LogP contribution in [0.3, 0.4) is 0 Å². The molecule has 0 radical (unpaired) electrons. The molecule has 1 aromatic rings. The van der Waals surface area contributed by atoms with E-state index in [0.717, 1.165) is 24.4 Å². The van der Waals surface area contributed by atoms with Gasteiger partial charge >= 0.3 is 5.97 Å². The molecule has 1 N–H and O–H groups in total. The van der Waals surface area contributed by atoms with Crippen molar-refractivity contribution < 1.29 is 9.90 Å². The van der Waals surface area contributed by atoms with Gasteiger partial charge in [-0.2, -0.15) is 0 Å². The summed E-state index contributed by atoms with van der Waals surface area (Å²) in [5, 5.41) is 8.95. The minimum Gasteiger partial charge on any atom is -0.476 e. The van der Waals surface area contributed by atoms with Gasteiger partial charge in [-0.3, -0.25) is 0 Å². The molecule has 0 atom stereocenters. The van der Waals surface area contributed by atoms with Crippen molar-refractivity contribution in [1.82, 2.24) is 9.55 Å². The van der Waals surface area contributed by atoms with Crippen molar-refractivity contribution in [2.45, 2.75) is 39.5 Å². The Kier molecular flexibility index (Phi) is 3.50. The van der Waals surface area contributed by atoms with Gasteiger partial charge < -0.3 is 9.67 Å². The van der Waals surface area contributed by atoms with E-state index in [4.69, 9.17) is 5.11 Å². The molecular weight excluding hydrogens is 192 g/mol. The summed E-state index contributed by atoms with van der Waals surface area (Å²) < 4.78 is 1.89. The third-order valence-electron chi connectivity index (χ3n) is 2.97. The number of carboxylic acid groups (broad SMARTS) is 1. The summed E-state index contributed by atoms with van der Waals surface area (Å²) >= 11 is 0. The van der Waals surface area contributed by atoms with Gasteiger partial charge in [-0.1, -0.05) is 13.8 Å². The van der Waals surface area contributed by atoms with Crippen LogP contribution in [0.4, 0.5) is 0 Å². The molecule has 1 heterocycles. The van der Waals surface area contributed by atoms with Crippen molar-refractivity contribution >= 4 is 5.97 Å². The minimum atomic E-state index is -0.944. The van der Waals surface area contributed by atoms with Gasteiger partial charge in [0.1, 0.15) is 5.82 Å². The standard InChI is InChI=1S/C11H18N2O2/c1-5-8(6-2)10-12-9(11(14)15)7(3)13(10)4/h8H,5-6H2,1-4H3,(H,14,15). The van der Waals surface area contributed by atoms with Gasteiger partial charge in [0.15, 0.2) is 5.69 Å². The van der Waals surface area contributed by atoms with Gasteiger partial charge in [0.05, 0.1) is 0 Å². The average Bonchev–Trinajstić information content (AvgIpc) is 2.48. The molecule has 15 heavy (non-hydrogen) atoms. The largest absolute Gasteiger partial charge is 0.476 e. The molecule has 0 aromatic carbocycles. The van der Waals surface area contributed by atoms with Crippen LogP contribution in [0.5, 0.6) is 0 Å². The molecule has 0 saturated heterocycles. The highest BCUT2D eigenvalue weighted by atomic mass is 16.4. The third kappa shape index (κ3) is 2.03. The number of aromatic nitrogens is 2. The molecule has 0 saturated carbocycles. The van der Waals surface area contributed by atoms with Crippen LogP contribution in [0, 0.1) is 6.92 Å². The first-order valence-corrected chi connectivity index (χ1v) is 5.29. The van der Waals surface area contributed by atoms with Crippen LogP contribution in [-0.4, -0.2) is 20.6 Å². The van der Waals surface area contributed by atoms with Crippen LogP contribution < -0.4 is 0 Å². The van der Waals surface area contributed by atoms with Crippen LogP contribution in [-0.2, 0) is 7.05 Å². The SMILES string of the molecule is CCC(CC)c1nc(C(=O)O)c(C)n1C. The summed E-state index contributed by atoms with van der Waals surface area (Å²) in [4.78, 5) is 15.1. The average molecular weight is 210 g/mol. The maximum absolute atomic E-state index is 10.9. The van der Waals surface area contributed by atoms with Crippen molar-refractivity contribution in [2.24, 2.45) is 7.05 Å². The summed E-state index contributed by atoms with van der Waals surface area (Å²) in [6.07, 6.45) is 1.97. The highest BCUT2D eigenvalue weighted by Gasteiger charge is 2.20. The smallest absolute Gasteiger partial charge is 0.356 e. The van der Waals surface area contributed by atoms with Crippen LogP contribution in [0.15, 0.2) is 0 Å². The first-order valence-electron chi connectivity index (χ1n) is 5.29. The van der Waals surface area contributed by atoms with E-state index >= 15 is 0 Å². The number of hydrogen-bond donors (Lipinski definition) is 1. The van der Waals surface area contributed by atoms with E-state index in [1.165, 1.54) is 0 Å². The first kappa shape index (κ1) is 11.8. The van der Waals surface area contributed by atoms with Gasteiger partial charge in [0.2, 0.25) is 0 Å². The predicted molar refractivity (Wildman–Crippen MR) is 58.2 cm³/mol. The normalized spacial score (nSPS) is 11.0. The van der Waals surface area contributed by atoms with Crippen LogP contribution in [0.25, 0.3) is 0 Å². The van der Waals surface area contributed by atoms with Crippen molar-refractivity contribution in [3.05, 3.63) is 17.2 Å². The minimum absolute atomic E-state index is 0.180. The lowest BCUT2D eigenvalue weighted by Gasteiger charge is -2.12. The molecule has 1 rings (SSSR count). The molecule has 1 aromatic heterocycles. The maximum Gasteiger partial charge on any atom is 0.356 e. The molecule has 0 aliphatic carbocycles. The van der Waals surface area contributed by atoms with Crippen molar-refractivity contribution in [3.63, 3.8) is 0 Å². The van der Waals surface area contributed by atoms with Gasteiger partial charge in [-0.05, 0) is 19.8 Å². The topological polar surface area (TPSA) is 55.1 Å². The lowest BCUT2D eigenvalue weighted by atomic mass is 10.0. The fourth-order valence-corrected chi connectivity index (χ4v) is 1.82. The summed E-state index contributed by atoms with van der Waals surface area (Å²) in [6, 6.07) is 0. The number of carbonyl (C=O) groups is 1. The molecule has 0 aliphatic rings. The second-order valence-corrected chi connectivity index (χ2v) is 3.78. The molecule has 0 aliphatic heterocycles. The Morgan fingerprint density at radius 2 is 2.00 bits per heavy atom. The summed E-state index contributed by atoms with van der Waals surface area (Å²) in [5.74, 6) is 0.289. The Morgan fingerprint density at radius 3 is 2.33 bits per heavy atom. The molecule has 4 heteroatoms. The van der Waals surface area contributed by atoms with Crippen LogP contribution in [0.1, 0.15) is 54.6 Å². The summed E-state index contributed by atoms with van der Waals surface area (Å²) in [5.41, 5.74) is 0.906. The molecule has 0 bridgehead atoms. The predicted octanol–water partition coefficient (Wildman–Crippen LogP) is 2.33. The van der Waals surface area contributed by atoms with Gasteiger partial charge in [-0.15, -0.1) is 0 Å². The van der Waals surface area contributed by atoms with Crippen molar-refractivity contribution in [2.75, 3.05) is 0 Å². The number of aromatic carboxylic acids is 1. The Morgan fingerprint density at radius 1 is 1.47 bits per heavy atom. The number of hydrogen-bond acceptors (Lipinski definition) is 2. The number of rotatable bonds is 4. The Hall–Kier alpha value is -1.32. The molecule has 0 unspecified atom stereocenters. The quantitative estimate of drug-likeness (QED) is 0.829. The number of nitrogens with zero attached hydrogens (tertiary/aromatic N) is 2. The second kappa shape index (κ2) is 4.47. The van der Waals surface area contributed by atoms with E-state index in [2.05, 4.69) is 18.8 Å². The Labute approximate surface area is 89.9 Å². The molecular formula is C11H18N2O2. The van der Waals surface area contributed by atoms with Crippen molar-refractivity contribution in [1.29, 1.82) is 0 Å². The Balaban J connectivity index is 3.20. The summed E-state index contributed by atoms with van der Waals surface area (Å²) in [6.45, 7) is 5.99. The number of carboxylic acids is 1. The Bertz CT molecular complexity index is 365. The highest BCUT2D eigenvalue weighted by molar-refractivity contribution is 5.86. The summed E-state index contributed by atoms with van der Waals surface area (Å²) in [7, 11) is 1.88. The zero-order chi connectivity index (χ0) is 11.6. The van der Waals surface area contributed by atoms with E-state index in [9.17, 15) is 4.79 Å². The van der Waals surface area contributed by atoms with E-state index in [1.807, 2.05) is 11.6 Å². The van der Waals surface area contributed by atoms with Crippen LogP contribution in [0.2, 0.25) is 0 Å². The zero-order valence-electron chi connectivity index (χ0n) is 9.74. The molecule has 0 spiro atoms. The van der Waals surface area contributed by atoms with Gasteiger partial charge in [0, 0.05) is 18.7 Å². The molecule has 4 nitrogen and oxygen atoms in total. The molecule has 0 amide bonds. The van der Waals surface area contributed by atoms with E-state index < -0.39 is 5.97 Å². The van der Waals surface area contributed by atoms with Gasteiger partial charge in [-0.25, -0.2) is 9.78 Å². The van der Waals surface area contributed by atoms with E-state index in [1.54, 1.807) is 6.92 Å². The monoisotopic (exact) mass is 210 g/mol.